The highest BCUT2D eigenvalue weighted by Crippen LogP contribution is 2.18. The molecule has 0 aliphatic carbocycles. The van der Waals surface area contributed by atoms with E-state index in [2.05, 4.69) is 9.97 Å². The number of carbonyl (C=O) groups excluding carboxylic acids is 1. The Kier molecular flexibility index (Phi) is 8.15. The van der Waals surface area contributed by atoms with Crippen molar-refractivity contribution < 1.29 is 17.9 Å². The number of hydrogen-bond acceptors (Lipinski definition) is 6. The van der Waals surface area contributed by atoms with Gasteiger partial charge in [0.05, 0.1) is 24.1 Å². The highest BCUT2D eigenvalue weighted by Gasteiger charge is 2.33. The molecule has 2 aromatic heterocycles. The third-order valence-electron chi connectivity index (χ3n) is 4.82. The number of rotatable bonds is 11. The zero-order chi connectivity index (χ0) is 21.6. The summed E-state index contributed by atoms with van der Waals surface area (Å²) in [4.78, 5) is 21.0. The molecule has 0 aliphatic heterocycles. The summed E-state index contributed by atoms with van der Waals surface area (Å²) in [5.74, 6) is 0.458. The molecular formula is C20H32N4O4S. The topological polar surface area (TPSA) is 94.4 Å². The fourth-order valence-electron chi connectivity index (χ4n) is 3.27. The Balaban J connectivity index is 2.07. The number of carbonyl (C=O) groups is 1. The van der Waals surface area contributed by atoms with Gasteiger partial charge in [-0.2, -0.15) is 4.31 Å². The van der Waals surface area contributed by atoms with Crippen molar-refractivity contribution in [3.05, 3.63) is 24.3 Å². The van der Waals surface area contributed by atoms with E-state index in [0.717, 1.165) is 16.9 Å². The van der Waals surface area contributed by atoms with Crippen molar-refractivity contribution in [1.29, 1.82) is 0 Å². The highest BCUT2D eigenvalue weighted by molar-refractivity contribution is 7.89. The summed E-state index contributed by atoms with van der Waals surface area (Å²) >= 11 is 0. The summed E-state index contributed by atoms with van der Waals surface area (Å²) in [5, 5.41) is 0. The average molecular weight is 425 g/mol. The van der Waals surface area contributed by atoms with Crippen LogP contribution < -0.4 is 0 Å². The van der Waals surface area contributed by atoms with Crippen molar-refractivity contribution in [2.75, 3.05) is 19.4 Å². The molecule has 162 valence electrons. The Morgan fingerprint density at radius 2 is 2.07 bits per heavy atom. The van der Waals surface area contributed by atoms with E-state index >= 15 is 0 Å². The van der Waals surface area contributed by atoms with Crippen molar-refractivity contribution in [1.82, 2.24) is 18.8 Å². The van der Waals surface area contributed by atoms with Crippen LogP contribution >= 0.6 is 0 Å². The number of nitrogens with zero attached hydrogens (tertiary/aromatic N) is 4. The first kappa shape index (κ1) is 23.3. The van der Waals surface area contributed by atoms with Crippen LogP contribution in [0.5, 0.6) is 0 Å². The van der Waals surface area contributed by atoms with Gasteiger partial charge >= 0.3 is 5.97 Å². The van der Waals surface area contributed by atoms with E-state index in [-0.39, 0.29) is 11.7 Å². The maximum Gasteiger partial charge on any atom is 0.324 e. The van der Waals surface area contributed by atoms with Crippen molar-refractivity contribution >= 4 is 27.0 Å². The molecule has 0 bridgehead atoms. The number of aryl methyl sites for hydroxylation is 2. The fraction of sp³-hybridized carbons (Fsp3) is 0.650. The van der Waals surface area contributed by atoms with Gasteiger partial charge in [0, 0.05) is 19.8 Å². The fourth-order valence-corrected chi connectivity index (χ4v) is 4.61. The first-order valence-electron chi connectivity index (χ1n) is 10.1. The van der Waals surface area contributed by atoms with Crippen molar-refractivity contribution in [2.45, 2.75) is 59.5 Å². The minimum absolute atomic E-state index is 0.0522. The van der Waals surface area contributed by atoms with Crippen LogP contribution in [0.25, 0.3) is 11.0 Å². The number of imidazole rings is 1. The van der Waals surface area contributed by atoms with E-state index in [4.69, 9.17) is 4.74 Å². The zero-order valence-electron chi connectivity index (χ0n) is 18.0. The predicted molar refractivity (Wildman–Crippen MR) is 113 cm³/mol. The second kappa shape index (κ2) is 10.2. The van der Waals surface area contributed by atoms with Gasteiger partial charge in [-0.1, -0.05) is 20.8 Å². The number of ether oxygens (including phenoxy) is 1. The molecule has 0 spiro atoms. The van der Waals surface area contributed by atoms with Crippen LogP contribution in [0.2, 0.25) is 0 Å². The molecule has 2 rings (SSSR count). The lowest BCUT2D eigenvalue weighted by atomic mass is 10.0. The normalized spacial score (nSPS) is 13.3. The van der Waals surface area contributed by atoms with Crippen LogP contribution in [-0.2, 0) is 26.1 Å². The molecule has 0 unspecified atom stereocenters. The summed E-state index contributed by atoms with van der Waals surface area (Å²) in [6.07, 6.45) is 4.94. The van der Waals surface area contributed by atoms with Crippen molar-refractivity contribution in [3.63, 3.8) is 0 Å². The van der Waals surface area contributed by atoms with Gasteiger partial charge in [-0.15, -0.1) is 0 Å². The van der Waals surface area contributed by atoms with Crippen LogP contribution in [0, 0.1) is 12.8 Å². The van der Waals surface area contributed by atoms with Crippen LogP contribution in [0.4, 0.5) is 0 Å². The first-order chi connectivity index (χ1) is 13.7. The average Bonchev–Trinajstić information content (AvgIpc) is 2.98. The number of sulfonamides is 1. The van der Waals surface area contributed by atoms with Gasteiger partial charge in [0.2, 0.25) is 10.0 Å². The van der Waals surface area contributed by atoms with E-state index in [1.165, 1.54) is 11.4 Å². The molecule has 0 aromatic carbocycles. The lowest BCUT2D eigenvalue weighted by molar-refractivity contribution is -0.148. The van der Waals surface area contributed by atoms with E-state index in [1.807, 2.05) is 38.3 Å². The Bertz CT molecular complexity index is 924. The standard InChI is InChI=1S/C20H32N4O4S/c1-6-11-28-20(25)19(13-15(2)3)23(5)29(26,27)12-7-10-24-16(4)22-17-14-21-9-8-18(17)24/h8-9,14-15,19H,6-7,10-13H2,1-5H3/t19-/m0/s1. The minimum Gasteiger partial charge on any atom is -0.465 e. The smallest absolute Gasteiger partial charge is 0.324 e. The Hall–Kier alpha value is -2.00. The number of aromatic nitrogens is 3. The minimum atomic E-state index is -3.61. The van der Waals surface area contributed by atoms with E-state index < -0.39 is 22.0 Å². The molecule has 0 N–H and O–H groups in total. The molecule has 0 saturated carbocycles. The number of esters is 1. The second-order valence-corrected chi connectivity index (χ2v) is 9.82. The van der Waals surface area contributed by atoms with Gasteiger partial charge in [0.15, 0.2) is 0 Å². The third kappa shape index (κ3) is 5.99. The molecule has 2 aromatic rings. The molecule has 1 atom stereocenters. The Labute approximate surface area is 173 Å². The number of hydrogen-bond donors (Lipinski definition) is 0. The number of pyridine rings is 1. The largest absolute Gasteiger partial charge is 0.465 e. The highest BCUT2D eigenvalue weighted by atomic mass is 32.2. The Morgan fingerprint density at radius 3 is 2.72 bits per heavy atom. The van der Waals surface area contributed by atoms with E-state index in [1.54, 1.807) is 12.4 Å². The molecule has 0 aliphatic rings. The molecule has 29 heavy (non-hydrogen) atoms. The number of likely N-dealkylation sites (N-methyl/N-ethyl adjacent to an activating group) is 1. The first-order valence-corrected chi connectivity index (χ1v) is 11.7. The lowest BCUT2D eigenvalue weighted by Crippen LogP contribution is -2.45. The summed E-state index contributed by atoms with van der Waals surface area (Å²) in [5.41, 5.74) is 1.73. The maximum atomic E-state index is 12.9. The lowest BCUT2D eigenvalue weighted by Gasteiger charge is -2.27. The molecular weight excluding hydrogens is 392 g/mol. The van der Waals surface area contributed by atoms with E-state index in [9.17, 15) is 13.2 Å². The number of fused-ring (bicyclic) bond motifs is 1. The van der Waals surface area contributed by atoms with Gasteiger partial charge in [-0.05, 0) is 38.2 Å². The van der Waals surface area contributed by atoms with Gasteiger partial charge < -0.3 is 9.30 Å². The van der Waals surface area contributed by atoms with Crippen LogP contribution in [0.3, 0.4) is 0 Å². The summed E-state index contributed by atoms with van der Waals surface area (Å²) in [6.45, 7) is 8.54. The molecule has 0 radical (unpaired) electrons. The molecule has 0 fully saturated rings. The molecule has 2 heterocycles. The third-order valence-corrected chi connectivity index (χ3v) is 6.75. The summed E-state index contributed by atoms with van der Waals surface area (Å²) in [6, 6.07) is 1.08. The zero-order valence-corrected chi connectivity index (χ0v) is 18.8. The quantitative estimate of drug-likeness (QED) is 0.515. The Morgan fingerprint density at radius 1 is 1.34 bits per heavy atom. The van der Waals surface area contributed by atoms with Crippen LogP contribution in [0.1, 0.15) is 45.9 Å². The van der Waals surface area contributed by atoms with Gasteiger partial charge in [-0.25, -0.2) is 13.4 Å². The predicted octanol–water partition coefficient (Wildman–Crippen LogP) is 2.76. The van der Waals surface area contributed by atoms with Gasteiger partial charge in [-0.3, -0.25) is 9.78 Å². The molecule has 8 nitrogen and oxygen atoms in total. The van der Waals surface area contributed by atoms with Crippen LogP contribution in [-0.4, -0.2) is 58.7 Å². The van der Waals surface area contributed by atoms with Crippen molar-refractivity contribution in [2.24, 2.45) is 5.92 Å². The molecule has 9 heteroatoms. The second-order valence-electron chi connectivity index (χ2n) is 7.67. The summed E-state index contributed by atoms with van der Waals surface area (Å²) < 4.78 is 34.2. The SMILES string of the molecule is CCCOC(=O)[C@H](CC(C)C)N(C)S(=O)(=O)CCCn1c(C)nc2cnccc21. The molecule has 0 amide bonds. The summed E-state index contributed by atoms with van der Waals surface area (Å²) in [7, 11) is -2.14. The van der Waals surface area contributed by atoms with Gasteiger partial charge in [0.1, 0.15) is 17.4 Å². The van der Waals surface area contributed by atoms with Gasteiger partial charge in [0.25, 0.3) is 0 Å². The van der Waals surface area contributed by atoms with E-state index in [0.29, 0.717) is 32.4 Å². The maximum absolute atomic E-state index is 12.9. The van der Waals surface area contributed by atoms with Crippen molar-refractivity contribution in [3.8, 4) is 0 Å². The molecule has 0 saturated heterocycles. The van der Waals surface area contributed by atoms with Crippen LogP contribution in [0.15, 0.2) is 18.5 Å². The monoisotopic (exact) mass is 424 g/mol.